The first-order chi connectivity index (χ1) is 9.36. The predicted molar refractivity (Wildman–Crippen MR) is 71.1 cm³/mol. The predicted octanol–water partition coefficient (Wildman–Crippen LogP) is 2.21. The summed E-state index contributed by atoms with van der Waals surface area (Å²) >= 11 is 0. The Morgan fingerprint density at radius 1 is 1.42 bits per heavy atom. The molecule has 0 radical (unpaired) electrons. The van der Waals surface area contributed by atoms with Gasteiger partial charge in [0, 0.05) is 12.1 Å². The molecular weight excluding hydrogens is 242 g/mol. The van der Waals surface area contributed by atoms with Gasteiger partial charge in [-0.25, -0.2) is 0 Å². The van der Waals surface area contributed by atoms with Crippen LogP contribution in [0.4, 0.5) is 0 Å². The lowest BCUT2D eigenvalue weighted by Gasteiger charge is -2.18. The van der Waals surface area contributed by atoms with Crippen LogP contribution in [-0.4, -0.2) is 30.3 Å². The zero-order valence-corrected chi connectivity index (χ0v) is 10.9. The Hall–Kier alpha value is -1.88. The summed E-state index contributed by atoms with van der Waals surface area (Å²) in [6.45, 7) is 1.99. The van der Waals surface area contributed by atoms with Gasteiger partial charge in [-0.1, -0.05) is 17.3 Å². The van der Waals surface area contributed by atoms with Crippen molar-refractivity contribution in [2.24, 2.45) is 0 Å². The van der Waals surface area contributed by atoms with Gasteiger partial charge in [-0.2, -0.15) is 4.98 Å². The molecule has 1 saturated heterocycles. The molecule has 1 N–H and O–H groups in total. The van der Waals surface area contributed by atoms with E-state index in [1.807, 2.05) is 24.3 Å². The molecule has 0 amide bonds. The first-order valence-electron chi connectivity index (χ1n) is 6.55. The molecule has 19 heavy (non-hydrogen) atoms. The average molecular weight is 259 g/mol. The number of methoxy groups -OCH3 is 1. The molecule has 0 aliphatic carbocycles. The molecule has 1 aromatic carbocycles. The van der Waals surface area contributed by atoms with Crippen molar-refractivity contribution >= 4 is 0 Å². The van der Waals surface area contributed by atoms with Gasteiger partial charge in [0.25, 0.3) is 0 Å². The number of aromatic nitrogens is 2. The second-order valence-corrected chi connectivity index (χ2v) is 4.73. The van der Waals surface area contributed by atoms with Crippen molar-refractivity contribution in [1.29, 1.82) is 0 Å². The molecule has 1 fully saturated rings. The number of rotatable bonds is 3. The minimum Gasteiger partial charge on any atom is -0.497 e. The lowest BCUT2D eigenvalue weighted by atomic mass is 10.00. The van der Waals surface area contributed by atoms with Crippen LogP contribution in [0.2, 0.25) is 0 Å². The zero-order valence-electron chi connectivity index (χ0n) is 10.9. The number of nitrogens with zero attached hydrogens (tertiary/aromatic N) is 2. The smallest absolute Gasteiger partial charge is 0.231 e. The third-order valence-electron chi connectivity index (χ3n) is 3.42. The molecule has 100 valence electrons. The molecule has 1 aliphatic heterocycles. The monoisotopic (exact) mass is 259 g/mol. The van der Waals surface area contributed by atoms with E-state index >= 15 is 0 Å². The molecule has 0 bridgehead atoms. The van der Waals surface area contributed by atoms with Crippen LogP contribution in [0.3, 0.4) is 0 Å². The lowest BCUT2D eigenvalue weighted by molar-refractivity contribution is 0.322. The standard InChI is InChI=1S/C14H17N3O2/c1-18-12-6-2-4-10(8-12)13-16-14(19-17-13)11-5-3-7-15-9-11/h2,4,6,8,11,15H,3,5,7,9H2,1H3. The number of benzene rings is 1. The fraction of sp³-hybridized carbons (Fsp3) is 0.429. The number of piperidine rings is 1. The van der Waals surface area contributed by atoms with Crippen LogP contribution >= 0.6 is 0 Å². The highest BCUT2D eigenvalue weighted by atomic mass is 16.5. The summed E-state index contributed by atoms with van der Waals surface area (Å²) in [5.41, 5.74) is 0.915. The summed E-state index contributed by atoms with van der Waals surface area (Å²) in [6, 6.07) is 7.69. The maximum atomic E-state index is 5.39. The van der Waals surface area contributed by atoms with Crippen molar-refractivity contribution in [3.63, 3.8) is 0 Å². The van der Waals surface area contributed by atoms with Crippen LogP contribution in [-0.2, 0) is 0 Å². The van der Waals surface area contributed by atoms with Crippen molar-refractivity contribution in [2.45, 2.75) is 18.8 Å². The molecule has 2 aromatic rings. The summed E-state index contributed by atoms with van der Waals surface area (Å²) < 4.78 is 10.6. The van der Waals surface area contributed by atoms with Crippen LogP contribution in [0.15, 0.2) is 28.8 Å². The maximum absolute atomic E-state index is 5.39. The molecule has 1 atom stereocenters. The molecule has 1 unspecified atom stereocenters. The van der Waals surface area contributed by atoms with Crippen molar-refractivity contribution in [1.82, 2.24) is 15.5 Å². The normalized spacial score (nSPS) is 19.3. The van der Waals surface area contributed by atoms with Gasteiger partial charge in [0.2, 0.25) is 11.7 Å². The summed E-state index contributed by atoms with van der Waals surface area (Å²) in [5.74, 6) is 2.48. The summed E-state index contributed by atoms with van der Waals surface area (Å²) in [6.07, 6.45) is 2.26. The van der Waals surface area contributed by atoms with Gasteiger partial charge in [0.1, 0.15) is 5.75 Å². The number of ether oxygens (including phenoxy) is 1. The first-order valence-corrected chi connectivity index (χ1v) is 6.55. The van der Waals surface area contributed by atoms with Crippen molar-refractivity contribution in [2.75, 3.05) is 20.2 Å². The highest BCUT2D eigenvalue weighted by molar-refractivity contribution is 5.56. The maximum Gasteiger partial charge on any atom is 0.231 e. The molecule has 2 heterocycles. The molecule has 0 spiro atoms. The third kappa shape index (κ3) is 2.61. The fourth-order valence-corrected chi connectivity index (χ4v) is 2.34. The summed E-state index contributed by atoms with van der Waals surface area (Å²) in [7, 11) is 1.65. The largest absolute Gasteiger partial charge is 0.497 e. The van der Waals surface area contributed by atoms with E-state index in [4.69, 9.17) is 9.26 Å². The van der Waals surface area contributed by atoms with E-state index in [1.54, 1.807) is 7.11 Å². The Bertz CT molecular complexity index is 547. The molecule has 3 rings (SSSR count). The van der Waals surface area contributed by atoms with E-state index < -0.39 is 0 Å². The second kappa shape index (κ2) is 5.40. The SMILES string of the molecule is COc1cccc(-c2noc(C3CCCNC3)n2)c1. The van der Waals surface area contributed by atoms with Crippen molar-refractivity contribution in [3.05, 3.63) is 30.2 Å². The van der Waals surface area contributed by atoms with E-state index in [1.165, 1.54) is 0 Å². The number of hydrogen-bond donors (Lipinski definition) is 1. The molecule has 0 saturated carbocycles. The summed E-state index contributed by atoms with van der Waals surface area (Å²) in [4.78, 5) is 4.51. The van der Waals surface area contributed by atoms with Crippen LogP contribution in [0, 0.1) is 0 Å². The molecule has 1 aliphatic rings. The van der Waals surface area contributed by atoms with E-state index in [0.29, 0.717) is 11.7 Å². The van der Waals surface area contributed by atoms with Gasteiger partial charge in [0.15, 0.2) is 0 Å². The zero-order chi connectivity index (χ0) is 13.1. The Balaban J connectivity index is 1.83. The van der Waals surface area contributed by atoms with Gasteiger partial charge in [-0.15, -0.1) is 0 Å². The van der Waals surface area contributed by atoms with E-state index in [2.05, 4.69) is 15.5 Å². The van der Waals surface area contributed by atoms with Gasteiger partial charge < -0.3 is 14.6 Å². The second-order valence-electron chi connectivity index (χ2n) is 4.73. The van der Waals surface area contributed by atoms with Gasteiger partial charge in [0.05, 0.1) is 13.0 Å². The lowest BCUT2D eigenvalue weighted by Crippen LogP contribution is -2.28. The Morgan fingerprint density at radius 3 is 3.16 bits per heavy atom. The van der Waals surface area contributed by atoms with E-state index in [9.17, 15) is 0 Å². The first kappa shape index (κ1) is 12.2. The van der Waals surface area contributed by atoms with Crippen molar-refractivity contribution < 1.29 is 9.26 Å². The van der Waals surface area contributed by atoms with Crippen molar-refractivity contribution in [3.8, 4) is 17.1 Å². The van der Waals surface area contributed by atoms with E-state index in [0.717, 1.165) is 43.1 Å². The van der Waals surface area contributed by atoms with Crippen LogP contribution in [0.5, 0.6) is 5.75 Å². The highest BCUT2D eigenvalue weighted by Crippen LogP contribution is 2.26. The topological polar surface area (TPSA) is 60.2 Å². The highest BCUT2D eigenvalue weighted by Gasteiger charge is 2.21. The van der Waals surface area contributed by atoms with Crippen LogP contribution in [0.25, 0.3) is 11.4 Å². The Kier molecular flexibility index (Phi) is 3.46. The Morgan fingerprint density at radius 2 is 2.37 bits per heavy atom. The minimum atomic E-state index is 0.334. The molecule has 5 heteroatoms. The molecule has 5 nitrogen and oxygen atoms in total. The summed E-state index contributed by atoms with van der Waals surface area (Å²) in [5, 5.41) is 7.42. The average Bonchev–Trinajstić information content (AvgIpc) is 2.98. The molecular formula is C14H17N3O2. The van der Waals surface area contributed by atoms with Crippen LogP contribution < -0.4 is 10.1 Å². The van der Waals surface area contributed by atoms with Crippen LogP contribution in [0.1, 0.15) is 24.7 Å². The third-order valence-corrected chi connectivity index (χ3v) is 3.42. The molecule has 1 aromatic heterocycles. The van der Waals surface area contributed by atoms with Gasteiger partial charge >= 0.3 is 0 Å². The van der Waals surface area contributed by atoms with Gasteiger partial charge in [-0.05, 0) is 31.5 Å². The number of hydrogen-bond acceptors (Lipinski definition) is 5. The fourth-order valence-electron chi connectivity index (χ4n) is 2.34. The van der Waals surface area contributed by atoms with Gasteiger partial charge in [-0.3, -0.25) is 0 Å². The Labute approximate surface area is 112 Å². The number of nitrogens with one attached hydrogen (secondary N) is 1. The minimum absolute atomic E-state index is 0.334. The van der Waals surface area contributed by atoms with E-state index in [-0.39, 0.29) is 0 Å². The quantitative estimate of drug-likeness (QED) is 0.915.